The highest BCUT2D eigenvalue weighted by Crippen LogP contribution is 2.20. The molecular weight excluding hydrogens is 330 g/mol. The van der Waals surface area contributed by atoms with Crippen LogP contribution in [0.5, 0.6) is 0 Å². The minimum atomic E-state index is -0.777. The Labute approximate surface area is 124 Å². The predicted octanol–water partition coefficient (Wildman–Crippen LogP) is 1.64. The molecule has 1 fully saturated rings. The van der Waals surface area contributed by atoms with Gasteiger partial charge in [0, 0.05) is 19.5 Å². The van der Waals surface area contributed by atoms with Crippen LogP contribution in [0.4, 0.5) is 0 Å². The molecule has 20 heavy (non-hydrogen) atoms. The molecular formula is C13H14BrNO5. The van der Waals surface area contributed by atoms with Gasteiger partial charge in [-0.15, -0.1) is 0 Å². The van der Waals surface area contributed by atoms with E-state index in [4.69, 9.17) is 4.42 Å². The number of halogens is 1. The number of furan rings is 1. The zero-order valence-corrected chi connectivity index (χ0v) is 12.5. The van der Waals surface area contributed by atoms with Crippen molar-refractivity contribution in [3.8, 4) is 0 Å². The van der Waals surface area contributed by atoms with E-state index in [2.05, 4.69) is 20.7 Å². The quantitative estimate of drug-likeness (QED) is 0.602. The lowest BCUT2D eigenvalue weighted by molar-refractivity contribution is -0.149. The van der Waals surface area contributed by atoms with Gasteiger partial charge in [-0.1, -0.05) is 0 Å². The van der Waals surface area contributed by atoms with E-state index in [9.17, 15) is 14.4 Å². The van der Waals surface area contributed by atoms with Gasteiger partial charge in [-0.3, -0.25) is 14.4 Å². The monoisotopic (exact) mass is 343 g/mol. The second-order valence-electron chi connectivity index (χ2n) is 4.48. The number of carbonyl (C=O) groups excluding carboxylic acids is 3. The summed E-state index contributed by atoms with van der Waals surface area (Å²) in [5, 5.41) is 0. The van der Waals surface area contributed by atoms with Crippen LogP contribution < -0.4 is 0 Å². The largest absolute Gasteiger partial charge is 0.468 e. The summed E-state index contributed by atoms with van der Waals surface area (Å²) in [6.07, 6.45) is 0.423. The Bertz CT molecular complexity index is 539. The van der Waals surface area contributed by atoms with E-state index in [1.807, 2.05) is 0 Å². The molecule has 1 aromatic heterocycles. The van der Waals surface area contributed by atoms with Crippen molar-refractivity contribution in [3.05, 3.63) is 22.6 Å². The number of Topliss-reactive ketones (excluding diaryl/α,β-unsaturated/α-hetero) is 1. The lowest BCUT2D eigenvalue weighted by Crippen LogP contribution is -2.32. The second kappa shape index (κ2) is 6.21. The van der Waals surface area contributed by atoms with Crippen LogP contribution in [0.25, 0.3) is 0 Å². The molecule has 7 heteroatoms. The maximum atomic E-state index is 12.2. The average molecular weight is 344 g/mol. The van der Waals surface area contributed by atoms with E-state index >= 15 is 0 Å². The number of hydrogen-bond donors (Lipinski definition) is 0. The number of nitrogens with zero attached hydrogens (tertiary/aromatic N) is 1. The molecule has 108 valence electrons. The standard InChI is InChI=1S/C13H14BrNO5/c1-19-13(18)8-4-6-15(7-5-9(8)16)12(17)10-2-3-11(14)20-10/h2-3,8H,4-7H2,1H3. The number of methoxy groups -OCH3 is 1. The summed E-state index contributed by atoms with van der Waals surface area (Å²) in [5.74, 6) is -1.58. The van der Waals surface area contributed by atoms with Gasteiger partial charge in [0.25, 0.3) is 5.91 Å². The molecule has 6 nitrogen and oxygen atoms in total. The molecule has 0 spiro atoms. The Morgan fingerprint density at radius 3 is 2.75 bits per heavy atom. The summed E-state index contributed by atoms with van der Waals surface area (Å²) >= 11 is 3.13. The van der Waals surface area contributed by atoms with Crippen molar-refractivity contribution in [2.45, 2.75) is 12.8 Å². The van der Waals surface area contributed by atoms with Gasteiger partial charge in [0.15, 0.2) is 10.4 Å². The Morgan fingerprint density at radius 1 is 1.40 bits per heavy atom. The predicted molar refractivity (Wildman–Crippen MR) is 72.1 cm³/mol. The fraction of sp³-hybridized carbons (Fsp3) is 0.462. The number of esters is 1. The number of amides is 1. The lowest BCUT2D eigenvalue weighted by atomic mass is 10.00. The highest BCUT2D eigenvalue weighted by Gasteiger charge is 2.32. The first kappa shape index (κ1) is 14.8. The number of hydrogen-bond acceptors (Lipinski definition) is 5. The van der Waals surface area contributed by atoms with Gasteiger partial charge in [-0.2, -0.15) is 0 Å². The minimum Gasteiger partial charge on any atom is -0.468 e. The zero-order valence-electron chi connectivity index (χ0n) is 10.9. The molecule has 2 rings (SSSR count). The van der Waals surface area contributed by atoms with Crippen LogP contribution >= 0.6 is 15.9 Å². The molecule has 2 heterocycles. The van der Waals surface area contributed by atoms with Crippen molar-refractivity contribution in [3.63, 3.8) is 0 Å². The van der Waals surface area contributed by atoms with Crippen molar-refractivity contribution in [2.24, 2.45) is 5.92 Å². The molecule has 1 unspecified atom stereocenters. The first-order chi connectivity index (χ1) is 9.52. The molecule has 1 saturated heterocycles. The molecule has 1 aliphatic heterocycles. The normalized spacial score (nSPS) is 19.6. The van der Waals surface area contributed by atoms with Crippen LogP contribution in [-0.4, -0.2) is 42.8 Å². The summed E-state index contributed by atoms with van der Waals surface area (Å²) in [4.78, 5) is 37.1. The van der Waals surface area contributed by atoms with Gasteiger partial charge in [0.05, 0.1) is 7.11 Å². The minimum absolute atomic E-state index is 0.146. The van der Waals surface area contributed by atoms with Crippen molar-refractivity contribution in [2.75, 3.05) is 20.2 Å². The molecule has 1 atom stereocenters. The summed E-state index contributed by atoms with van der Waals surface area (Å²) in [7, 11) is 1.25. The smallest absolute Gasteiger partial charge is 0.316 e. The van der Waals surface area contributed by atoms with E-state index in [1.54, 1.807) is 12.1 Å². The molecule has 0 radical (unpaired) electrons. The number of ether oxygens (including phenoxy) is 1. The van der Waals surface area contributed by atoms with Gasteiger partial charge in [0.2, 0.25) is 0 Å². The topological polar surface area (TPSA) is 76.8 Å². The number of rotatable bonds is 2. The number of carbonyl (C=O) groups is 3. The van der Waals surface area contributed by atoms with E-state index in [0.717, 1.165) is 0 Å². The van der Waals surface area contributed by atoms with Crippen molar-refractivity contribution in [1.82, 2.24) is 4.90 Å². The Morgan fingerprint density at radius 2 is 2.15 bits per heavy atom. The van der Waals surface area contributed by atoms with Crippen LogP contribution in [0.3, 0.4) is 0 Å². The molecule has 0 saturated carbocycles. The van der Waals surface area contributed by atoms with E-state index in [0.29, 0.717) is 11.2 Å². The third-order valence-electron chi connectivity index (χ3n) is 3.26. The summed E-state index contributed by atoms with van der Waals surface area (Å²) < 4.78 is 10.3. The first-order valence-electron chi connectivity index (χ1n) is 6.18. The summed E-state index contributed by atoms with van der Waals surface area (Å²) in [6, 6.07) is 3.20. The Hall–Kier alpha value is -1.63. The van der Waals surface area contributed by atoms with E-state index in [-0.39, 0.29) is 36.8 Å². The van der Waals surface area contributed by atoms with Crippen LogP contribution in [0.2, 0.25) is 0 Å². The second-order valence-corrected chi connectivity index (χ2v) is 5.26. The van der Waals surface area contributed by atoms with Crippen LogP contribution in [0, 0.1) is 5.92 Å². The van der Waals surface area contributed by atoms with Crippen LogP contribution in [0.1, 0.15) is 23.4 Å². The maximum absolute atomic E-state index is 12.2. The Balaban J connectivity index is 2.07. The van der Waals surface area contributed by atoms with Gasteiger partial charge in [-0.05, 0) is 34.5 Å². The zero-order chi connectivity index (χ0) is 14.7. The highest BCUT2D eigenvalue weighted by molar-refractivity contribution is 9.10. The highest BCUT2D eigenvalue weighted by atomic mass is 79.9. The summed E-state index contributed by atoms with van der Waals surface area (Å²) in [5.41, 5.74) is 0. The SMILES string of the molecule is COC(=O)C1CCN(C(=O)c2ccc(Br)o2)CCC1=O. The fourth-order valence-electron chi connectivity index (χ4n) is 2.16. The van der Waals surface area contributed by atoms with Crippen molar-refractivity contribution in [1.29, 1.82) is 0 Å². The number of ketones is 1. The van der Waals surface area contributed by atoms with E-state index in [1.165, 1.54) is 12.0 Å². The molecule has 0 bridgehead atoms. The Kier molecular flexibility index (Phi) is 4.59. The molecule has 1 aliphatic rings. The van der Waals surface area contributed by atoms with Crippen molar-refractivity contribution < 1.29 is 23.5 Å². The van der Waals surface area contributed by atoms with Gasteiger partial charge in [-0.25, -0.2) is 0 Å². The molecule has 1 amide bonds. The fourth-order valence-corrected chi connectivity index (χ4v) is 2.46. The number of likely N-dealkylation sites (tertiary alicyclic amines) is 1. The van der Waals surface area contributed by atoms with Gasteiger partial charge < -0.3 is 14.1 Å². The lowest BCUT2D eigenvalue weighted by Gasteiger charge is -2.18. The molecule has 0 aliphatic carbocycles. The first-order valence-corrected chi connectivity index (χ1v) is 6.97. The third-order valence-corrected chi connectivity index (χ3v) is 3.69. The molecule has 0 N–H and O–H groups in total. The van der Waals surface area contributed by atoms with Crippen molar-refractivity contribution >= 4 is 33.6 Å². The molecule has 1 aromatic rings. The van der Waals surface area contributed by atoms with Gasteiger partial charge in [0.1, 0.15) is 11.7 Å². The van der Waals surface area contributed by atoms with Gasteiger partial charge >= 0.3 is 5.97 Å². The summed E-state index contributed by atoms with van der Waals surface area (Å²) in [6.45, 7) is 0.603. The van der Waals surface area contributed by atoms with E-state index < -0.39 is 11.9 Å². The average Bonchev–Trinajstić information content (AvgIpc) is 2.77. The van der Waals surface area contributed by atoms with Crippen LogP contribution in [-0.2, 0) is 14.3 Å². The molecule has 0 aromatic carbocycles. The third kappa shape index (κ3) is 3.09. The van der Waals surface area contributed by atoms with Crippen LogP contribution in [0.15, 0.2) is 21.2 Å². The maximum Gasteiger partial charge on any atom is 0.316 e.